The molecule has 2 saturated heterocycles. The average Bonchev–Trinajstić information content (AvgIpc) is 3.44. The standard InChI is InChI=1S/C19H27N3O2/c23-18(20-16-7-8-16)22-10-4-9-19(14-22)13-21(11-12-24-15-19)17-5-2-1-3-6-17/h1-3,5-6,16H,4,7-15H2,(H,20,23). The fraction of sp³-hybridized carbons (Fsp3) is 0.632. The van der Waals surface area contributed by atoms with E-state index in [9.17, 15) is 4.79 Å². The van der Waals surface area contributed by atoms with Crippen LogP contribution >= 0.6 is 0 Å². The second-order valence-electron chi connectivity index (χ2n) is 7.56. The van der Waals surface area contributed by atoms with Crippen molar-refractivity contribution in [2.75, 3.05) is 44.3 Å². The zero-order valence-electron chi connectivity index (χ0n) is 14.2. The Morgan fingerprint density at radius 3 is 2.79 bits per heavy atom. The lowest BCUT2D eigenvalue weighted by Crippen LogP contribution is -2.54. The van der Waals surface area contributed by atoms with Crippen LogP contribution in [0.25, 0.3) is 0 Å². The van der Waals surface area contributed by atoms with Gasteiger partial charge in [0, 0.05) is 43.3 Å². The summed E-state index contributed by atoms with van der Waals surface area (Å²) in [5, 5.41) is 3.14. The summed E-state index contributed by atoms with van der Waals surface area (Å²) in [6.45, 7) is 5.05. The number of rotatable bonds is 2. The summed E-state index contributed by atoms with van der Waals surface area (Å²) in [6, 6.07) is 11.1. The molecule has 0 radical (unpaired) electrons. The first-order valence-electron chi connectivity index (χ1n) is 9.17. The molecule has 1 saturated carbocycles. The van der Waals surface area contributed by atoms with Gasteiger partial charge in [0.1, 0.15) is 0 Å². The number of likely N-dealkylation sites (tertiary alicyclic amines) is 1. The summed E-state index contributed by atoms with van der Waals surface area (Å²) in [5.41, 5.74) is 1.30. The van der Waals surface area contributed by atoms with Gasteiger partial charge in [-0.05, 0) is 37.8 Å². The summed E-state index contributed by atoms with van der Waals surface area (Å²) in [4.78, 5) is 16.9. The van der Waals surface area contributed by atoms with E-state index in [1.165, 1.54) is 5.69 Å². The Morgan fingerprint density at radius 1 is 1.17 bits per heavy atom. The maximum absolute atomic E-state index is 12.5. The molecule has 1 aromatic rings. The van der Waals surface area contributed by atoms with E-state index in [1.54, 1.807) is 0 Å². The van der Waals surface area contributed by atoms with Gasteiger partial charge >= 0.3 is 6.03 Å². The number of para-hydroxylation sites is 1. The van der Waals surface area contributed by atoms with Gasteiger partial charge in [0.25, 0.3) is 0 Å². The van der Waals surface area contributed by atoms with E-state index in [1.807, 2.05) is 4.90 Å². The molecule has 3 aliphatic rings. The van der Waals surface area contributed by atoms with Crippen molar-refractivity contribution in [2.24, 2.45) is 5.41 Å². The lowest BCUT2D eigenvalue weighted by molar-refractivity contribution is 0.0244. The Morgan fingerprint density at radius 2 is 2.00 bits per heavy atom. The van der Waals surface area contributed by atoms with Gasteiger partial charge in [0.2, 0.25) is 0 Å². The van der Waals surface area contributed by atoms with Crippen LogP contribution in [0.15, 0.2) is 30.3 Å². The molecule has 0 aromatic heterocycles. The monoisotopic (exact) mass is 329 g/mol. The predicted molar refractivity (Wildman–Crippen MR) is 94.3 cm³/mol. The second kappa shape index (κ2) is 6.63. The van der Waals surface area contributed by atoms with Crippen LogP contribution < -0.4 is 10.2 Å². The second-order valence-corrected chi connectivity index (χ2v) is 7.56. The highest BCUT2D eigenvalue weighted by molar-refractivity contribution is 5.75. The molecular formula is C19H27N3O2. The highest BCUT2D eigenvalue weighted by Gasteiger charge is 2.41. The largest absolute Gasteiger partial charge is 0.379 e. The summed E-state index contributed by atoms with van der Waals surface area (Å²) < 4.78 is 5.96. The maximum Gasteiger partial charge on any atom is 0.317 e. The molecule has 1 atom stereocenters. The molecule has 0 bridgehead atoms. The molecule has 2 heterocycles. The summed E-state index contributed by atoms with van der Waals surface area (Å²) in [7, 11) is 0. The van der Waals surface area contributed by atoms with Crippen LogP contribution in [0.1, 0.15) is 25.7 Å². The molecule has 1 spiro atoms. The van der Waals surface area contributed by atoms with Gasteiger partial charge in [0.05, 0.1) is 13.2 Å². The van der Waals surface area contributed by atoms with E-state index >= 15 is 0 Å². The topological polar surface area (TPSA) is 44.8 Å². The number of carbonyl (C=O) groups excluding carboxylic acids is 1. The van der Waals surface area contributed by atoms with E-state index in [2.05, 4.69) is 40.5 Å². The molecule has 24 heavy (non-hydrogen) atoms. The fourth-order valence-electron chi connectivity index (χ4n) is 3.97. The number of urea groups is 1. The number of hydrogen-bond acceptors (Lipinski definition) is 3. The lowest BCUT2D eigenvalue weighted by atomic mass is 9.80. The zero-order valence-corrected chi connectivity index (χ0v) is 14.2. The van der Waals surface area contributed by atoms with E-state index < -0.39 is 0 Å². The van der Waals surface area contributed by atoms with Crippen molar-refractivity contribution in [3.63, 3.8) is 0 Å². The van der Waals surface area contributed by atoms with Gasteiger partial charge in [-0.2, -0.15) is 0 Å². The average molecular weight is 329 g/mol. The molecule has 1 unspecified atom stereocenters. The van der Waals surface area contributed by atoms with Crippen LogP contribution in [0.4, 0.5) is 10.5 Å². The minimum absolute atomic E-state index is 0.0471. The van der Waals surface area contributed by atoms with E-state index in [0.717, 1.165) is 65.1 Å². The van der Waals surface area contributed by atoms with Crippen LogP contribution in [0.3, 0.4) is 0 Å². The van der Waals surface area contributed by atoms with Gasteiger partial charge in [-0.3, -0.25) is 0 Å². The number of carbonyl (C=O) groups is 1. The highest BCUT2D eigenvalue weighted by Crippen LogP contribution is 2.34. The van der Waals surface area contributed by atoms with E-state index in [0.29, 0.717) is 6.04 Å². The Labute approximate surface area is 144 Å². The predicted octanol–water partition coefficient (Wildman–Crippen LogP) is 2.48. The van der Waals surface area contributed by atoms with Crippen molar-refractivity contribution >= 4 is 11.7 Å². The molecule has 1 N–H and O–H groups in total. The van der Waals surface area contributed by atoms with Crippen molar-refractivity contribution in [2.45, 2.75) is 31.7 Å². The first-order valence-corrected chi connectivity index (χ1v) is 9.17. The molecule has 2 aliphatic heterocycles. The molecule has 2 amide bonds. The number of nitrogens with one attached hydrogen (secondary N) is 1. The van der Waals surface area contributed by atoms with Gasteiger partial charge in [-0.25, -0.2) is 4.79 Å². The molecule has 1 aromatic carbocycles. The van der Waals surface area contributed by atoms with Gasteiger partial charge in [-0.1, -0.05) is 18.2 Å². The van der Waals surface area contributed by atoms with Gasteiger partial charge < -0.3 is 19.9 Å². The number of hydrogen-bond donors (Lipinski definition) is 1. The van der Waals surface area contributed by atoms with E-state index in [4.69, 9.17) is 4.74 Å². The van der Waals surface area contributed by atoms with Crippen LogP contribution in [0.2, 0.25) is 0 Å². The number of ether oxygens (including phenoxy) is 1. The third-order valence-corrected chi connectivity index (χ3v) is 5.41. The van der Waals surface area contributed by atoms with Crippen LogP contribution in [0, 0.1) is 5.41 Å². The Hall–Kier alpha value is -1.75. The Balaban J connectivity index is 1.48. The lowest BCUT2D eigenvalue weighted by Gasteiger charge is -2.43. The smallest absolute Gasteiger partial charge is 0.317 e. The fourth-order valence-corrected chi connectivity index (χ4v) is 3.97. The summed E-state index contributed by atoms with van der Waals surface area (Å²) in [5.74, 6) is 0. The number of anilines is 1. The molecule has 5 heteroatoms. The SMILES string of the molecule is O=C(NC1CC1)N1CCCC2(COCCN(c3ccccc3)C2)C1. The van der Waals surface area contributed by atoms with Crippen molar-refractivity contribution < 1.29 is 9.53 Å². The molecular weight excluding hydrogens is 302 g/mol. The zero-order chi connectivity index (χ0) is 16.4. The van der Waals surface area contributed by atoms with Crippen molar-refractivity contribution in [3.8, 4) is 0 Å². The quantitative estimate of drug-likeness (QED) is 0.907. The van der Waals surface area contributed by atoms with Crippen molar-refractivity contribution in [3.05, 3.63) is 30.3 Å². The first-order chi connectivity index (χ1) is 11.7. The van der Waals surface area contributed by atoms with Gasteiger partial charge in [0.15, 0.2) is 0 Å². The first kappa shape index (κ1) is 15.8. The van der Waals surface area contributed by atoms with Crippen LogP contribution in [0.5, 0.6) is 0 Å². The third kappa shape index (κ3) is 3.51. The number of amides is 2. The van der Waals surface area contributed by atoms with Crippen LogP contribution in [-0.4, -0.2) is 56.4 Å². The minimum Gasteiger partial charge on any atom is -0.379 e. The summed E-state index contributed by atoms with van der Waals surface area (Å²) in [6.07, 6.45) is 4.46. The third-order valence-electron chi connectivity index (χ3n) is 5.41. The molecule has 3 fully saturated rings. The normalized spacial score (nSPS) is 27.8. The van der Waals surface area contributed by atoms with Crippen LogP contribution in [-0.2, 0) is 4.74 Å². The Kier molecular flexibility index (Phi) is 4.35. The molecule has 4 rings (SSSR count). The number of benzene rings is 1. The molecule has 1 aliphatic carbocycles. The Bertz CT molecular complexity index is 575. The molecule has 130 valence electrons. The number of piperidine rings is 1. The summed E-state index contributed by atoms with van der Waals surface area (Å²) >= 11 is 0. The van der Waals surface area contributed by atoms with Crippen molar-refractivity contribution in [1.82, 2.24) is 10.2 Å². The van der Waals surface area contributed by atoms with E-state index in [-0.39, 0.29) is 11.4 Å². The number of nitrogens with zero attached hydrogens (tertiary/aromatic N) is 2. The highest BCUT2D eigenvalue weighted by atomic mass is 16.5. The minimum atomic E-state index is 0.0471. The van der Waals surface area contributed by atoms with Crippen molar-refractivity contribution in [1.29, 1.82) is 0 Å². The maximum atomic E-state index is 12.5. The van der Waals surface area contributed by atoms with Gasteiger partial charge in [-0.15, -0.1) is 0 Å². The molecule has 5 nitrogen and oxygen atoms in total.